The first kappa shape index (κ1) is 10.7. The summed E-state index contributed by atoms with van der Waals surface area (Å²) in [5, 5.41) is 6.45. The van der Waals surface area contributed by atoms with Gasteiger partial charge in [0.1, 0.15) is 16.8 Å². The Labute approximate surface area is 93.4 Å². The molecule has 0 radical (unpaired) electrons. The molecule has 0 unspecified atom stereocenters. The van der Waals surface area contributed by atoms with Crippen molar-refractivity contribution in [3.63, 3.8) is 0 Å². The Balaban J connectivity index is 2.49. The number of rotatable bonds is 2. The average Bonchev–Trinajstić information content (AvgIpc) is 2.29. The standard InChI is InChI=1S/C10H10N2O3S/c11-16(13,14)10-6-2-1-5-9(10)12-7-3-4-8-15-12/h1-8H,(H2,11,13,14). The van der Waals surface area contributed by atoms with Crippen LogP contribution >= 0.6 is 0 Å². The van der Waals surface area contributed by atoms with Crippen molar-refractivity contribution < 1.29 is 13.3 Å². The summed E-state index contributed by atoms with van der Waals surface area (Å²) in [5.74, 6) is 0. The molecule has 2 N–H and O–H groups in total. The molecule has 0 amide bonds. The van der Waals surface area contributed by atoms with E-state index in [0.717, 1.165) is 0 Å². The normalized spacial score (nSPS) is 14.9. The Morgan fingerprint density at radius 3 is 2.56 bits per heavy atom. The molecule has 6 heteroatoms. The molecule has 1 aromatic rings. The van der Waals surface area contributed by atoms with Gasteiger partial charge in [0.15, 0.2) is 0 Å². The summed E-state index contributed by atoms with van der Waals surface area (Å²) in [6.07, 6.45) is 6.46. The van der Waals surface area contributed by atoms with Gasteiger partial charge in [-0.15, -0.1) is 0 Å². The molecule has 2 rings (SSSR count). The van der Waals surface area contributed by atoms with Crippen LogP contribution in [0.25, 0.3) is 0 Å². The molecule has 1 aromatic carbocycles. The summed E-state index contributed by atoms with van der Waals surface area (Å²) < 4.78 is 22.7. The fourth-order valence-electron chi connectivity index (χ4n) is 1.33. The summed E-state index contributed by atoms with van der Waals surface area (Å²) in [7, 11) is -3.76. The maximum absolute atomic E-state index is 11.3. The number of nitrogens with zero attached hydrogens (tertiary/aromatic N) is 1. The van der Waals surface area contributed by atoms with Gasteiger partial charge in [0.25, 0.3) is 0 Å². The van der Waals surface area contributed by atoms with Crippen molar-refractivity contribution in [1.82, 2.24) is 0 Å². The smallest absolute Gasteiger partial charge is 0.240 e. The van der Waals surface area contributed by atoms with E-state index in [1.165, 1.54) is 17.4 Å². The number of hydroxylamine groups is 1. The molecular formula is C10H10N2O3S. The first-order valence-corrected chi connectivity index (χ1v) is 6.05. The van der Waals surface area contributed by atoms with Gasteiger partial charge in [-0.05, 0) is 24.3 Å². The lowest BCUT2D eigenvalue weighted by Crippen LogP contribution is -2.21. The molecule has 1 heterocycles. The minimum absolute atomic E-state index is 0.0231. The maximum atomic E-state index is 11.3. The Morgan fingerprint density at radius 1 is 1.19 bits per heavy atom. The number of hydrogen-bond acceptors (Lipinski definition) is 4. The van der Waals surface area contributed by atoms with Crippen LogP contribution in [-0.2, 0) is 14.9 Å². The number of primary sulfonamides is 1. The number of nitrogens with two attached hydrogens (primary N) is 1. The zero-order valence-electron chi connectivity index (χ0n) is 8.28. The molecular weight excluding hydrogens is 228 g/mol. The van der Waals surface area contributed by atoms with Gasteiger partial charge >= 0.3 is 0 Å². The van der Waals surface area contributed by atoms with E-state index in [1.54, 1.807) is 36.6 Å². The number of anilines is 1. The molecule has 5 nitrogen and oxygen atoms in total. The van der Waals surface area contributed by atoms with Crippen LogP contribution in [0.4, 0.5) is 5.69 Å². The van der Waals surface area contributed by atoms with E-state index in [4.69, 9.17) is 9.98 Å². The van der Waals surface area contributed by atoms with Crippen molar-refractivity contribution in [2.75, 3.05) is 5.06 Å². The molecule has 0 aliphatic carbocycles. The minimum atomic E-state index is -3.76. The second-order valence-electron chi connectivity index (χ2n) is 3.11. The molecule has 0 saturated heterocycles. The molecule has 1 aliphatic heterocycles. The quantitative estimate of drug-likeness (QED) is 0.837. The number of para-hydroxylation sites is 1. The highest BCUT2D eigenvalue weighted by Crippen LogP contribution is 2.25. The number of hydrogen-bond donors (Lipinski definition) is 1. The van der Waals surface area contributed by atoms with Crippen molar-refractivity contribution in [3.05, 3.63) is 48.9 Å². The molecule has 0 saturated carbocycles. The zero-order valence-corrected chi connectivity index (χ0v) is 9.09. The third-order valence-corrected chi connectivity index (χ3v) is 2.95. The molecule has 0 atom stereocenters. The lowest BCUT2D eigenvalue weighted by molar-refractivity contribution is 0.244. The average molecular weight is 238 g/mol. The fraction of sp³-hybridized carbons (Fsp3) is 0. The van der Waals surface area contributed by atoms with Crippen molar-refractivity contribution in [2.45, 2.75) is 4.90 Å². The second-order valence-corrected chi connectivity index (χ2v) is 4.64. The Kier molecular flexibility index (Phi) is 2.67. The number of sulfonamides is 1. The van der Waals surface area contributed by atoms with Crippen LogP contribution in [0.1, 0.15) is 0 Å². The van der Waals surface area contributed by atoms with Crippen LogP contribution in [-0.4, -0.2) is 8.42 Å². The van der Waals surface area contributed by atoms with Gasteiger partial charge in [-0.1, -0.05) is 12.1 Å². The minimum Gasteiger partial charge on any atom is -0.383 e. The van der Waals surface area contributed by atoms with E-state index in [1.807, 2.05) is 0 Å². The number of benzene rings is 1. The molecule has 0 bridgehead atoms. The van der Waals surface area contributed by atoms with Gasteiger partial charge in [0, 0.05) is 6.20 Å². The molecule has 0 aromatic heterocycles. The molecule has 84 valence electrons. The molecule has 0 fully saturated rings. The van der Waals surface area contributed by atoms with Gasteiger partial charge in [0.05, 0.1) is 0 Å². The topological polar surface area (TPSA) is 72.6 Å². The highest BCUT2D eigenvalue weighted by atomic mass is 32.2. The number of allylic oxidation sites excluding steroid dienone is 2. The van der Waals surface area contributed by atoms with Gasteiger partial charge in [-0.3, -0.25) is 0 Å². The van der Waals surface area contributed by atoms with Crippen LogP contribution in [0.15, 0.2) is 53.8 Å². The lowest BCUT2D eigenvalue weighted by atomic mass is 10.3. The van der Waals surface area contributed by atoms with E-state index >= 15 is 0 Å². The summed E-state index contributed by atoms with van der Waals surface area (Å²) in [6.45, 7) is 0. The Morgan fingerprint density at radius 2 is 1.94 bits per heavy atom. The zero-order chi connectivity index (χ0) is 11.6. The van der Waals surface area contributed by atoms with E-state index in [9.17, 15) is 8.42 Å². The third kappa shape index (κ3) is 2.07. The Hall–Kier alpha value is -1.79. The van der Waals surface area contributed by atoms with Gasteiger partial charge < -0.3 is 4.84 Å². The van der Waals surface area contributed by atoms with E-state index in [0.29, 0.717) is 5.69 Å². The van der Waals surface area contributed by atoms with Gasteiger partial charge in [-0.25, -0.2) is 13.6 Å². The van der Waals surface area contributed by atoms with Crippen LogP contribution in [0.3, 0.4) is 0 Å². The van der Waals surface area contributed by atoms with Crippen molar-refractivity contribution in [3.8, 4) is 0 Å². The van der Waals surface area contributed by atoms with Crippen LogP contribution in [0, 0.1) is 0 Å². The predicted octanol–water partition coefficient (Wildman–Crippen LogP) is 1.11. The summed E-state index contributed by atoms with van der Waals surface area (Å²) in [6, 6.07) is 6.36. The van der Waals surface area contributed by atoms with Crippen molar-refractivity contribution in [1.29, 1.82) is 0 Å². The highest BCUT2D eigenvalue weighted by Gasteiger charge is 2.18. The summed E-state index contributed by atoms with van der Waals surface area (Å²) in [4.78, 5) is 5.17. The van der Waals surface area contributed by atoms with E-state index in [-0.39, 0.29) is 4.90 Å². The van der Waals surface area contributed by atoms with E-state index < -0.39 is 10.0 Å². The van der Waals surface area contributed by atoms with Gasteiger partial charge in [0.2, 0.25) is 10.0 Å². The highest BCUT2D eigenvalue weighted by molar-refractivity contribution is 7.89. The largest absolute Gasteiger partial charge is 0.383 e. The van der Waals surface area contributed by atoms with Crippen LogP contribution < -0.4 is 10.2 Å². The first-order valence-electron chi connectivity index (χ1n) is 4.50. The van der Waals surface area contributed by atoms with Crippen LogP contribution in [0.2, 0.25) is 0 Å². The Bertz CT molecular complexity index is 549. The molecule has 16 heavy (non-hydrogen) atoms. The molecule has 1 aliphatic rings. The summed E-state index contributed by atoms with van der Waals surface area (Å²) in [5.41, 5.74) is 0.380. The van der Waals surface area contributed by atoms with Crippen molar-refractivity contribution in [2.24, 2.45) is 5.14 Å². The summed E-state index contributed by atoms with van der Waals surface area (Å²) >= 11 is 0. The molecule has 0 spiro atoms. The van der Waals surface area contributed by atoms with Crippen LogP contribution in [0.5, 0.6) is 0 Å². The van der Waals surface area contributed by atoms with Crippen molar-refractivity contribution >= 4 is 15.7 Å². The fourth-order valence-corrected chi connectivity index (χ4v) is 2.04. The van der Waals surface area contributed by atoms with Gasteiger partial charge in [-0.2, -0.15) is 5.06 Å². The maximum Gasteiger partial charge on any atom is 0.240 e. The first-order chi connectivity index (χ1) is 7.59. The third-order valence-electron chi connectivity index (χ3n) is 1.99. The van der Waals surface area contributed by atoms with E-state index in [2.05, 4.69) is 0 Å². The SMILES string of the molecule is NS(=O)(=O)c1ccccc1N1C=CC=CO1. The predicted molar refractivity (Wildman–Crippen MR) is 59.7 cm³/mol. The lowest BCUT2D eigenvalue weighted by Gasteiger charge is -2.21. The second kappa shape index (κ2) is 3.99. The monoisotopic (exact) mass is 238 g/mol.